The molecule has 3 nitrogen and oxygen atoms in total. The average Bonchev–Trinajstić information content (AvgIpc) is 2.06. The molecule has 0 aliphatic carbocycles. The number of carboxylic acids is 1. The second-order valence-electron chi connectivity index (χ2n) is 1.16. The summed E-state index contributed by atoms with van der Waals surface area (Å²) in [5, 5.41) is 7.93. The molecule has 1 N–H and O–H groups in total. The maximum absolute atomic E-state index is 9.64. The van der Waals surface area contributed by atoms with Gasteiger partial charge in [-0.2, -0.15) is 0 Å². The van der Waals surface area contributed by atoms with E-state index in [2.05, 4.69) is 4.74 Å². The standard InChI is InChI=1S/C3H4O3.K.H/c4-3(5)2-1-6-2;;/h2H,1H2,(H,4,5);;/q;+1;-1/t2-;;/m1../s1. The Kier molecular flexibility index (Phi) is 3.65. The van der Waals surface area contributed by atoms with E-state index in [1.54, 1.807) is 0 Å². The number of hydrogen-bond donors (Lipinski definition) is 1. The number of hydrogen-bond acceptors (Lipinski definition) is 2. The Morgan fingerprint density at radius 2 is 2.43 bits per heavy atom. The van der Waals surface area contributed by atoms with Crippen LogP contribution >= 0.6 is 0 Å². The molecular weight excluding hydrogens is 123 g/mol. The van der Waals surface area contributed by atoms with Gasteiger partial charge in [-0.3, -0.25) is 0 Å². The molecule has 36 valence electrons. The summed E-state index contributed by atoms with van der Waals surface area (Å²) in [5.74, 6) is -0.852. The van der Waals surface area contributed by atoms with Crippen LogP contribution in [0.1, 0.15) is 1.43 Å². The van der Waals surface area contributed by atoms with Crippen LogP contribution < -0.4 is 51.4 Å². The van der Waals surface area contributed by atoms with Crippen LogP contribution in [0, 0.1) is 0 Å². The van der Waals surface area contributed by atoms with Gasteiger partial charge in [0.15, 0.2) is 6.10 Å². The van der Waals surface area contributed by atoms with Crippen molar-refractivity contribution in [2.24, 2.45) is 0 Å². The van der Waals surface area contributed by atoms with Crippen LogP contribution in [0.4, 0.5) is 0 Å². The third-order valence-electron chi connectivity index (χ3n) is 0.609. The van der Waals surface area contributed by atoms with Gasteiger partial charge in [0.2, 0.25) is 0 Å². The molecule has 7 heavy (non-hydrogen) atoms. The van der Waals surface area contributed by atoms with Crippen LogP contribution in [-0.2, 0) is 9.53 Å². The quantitative estimate of drug-likeness (QED) is 0.295. The fourth-order valence-corrected chi connectivity index (χ4v) is 0.191. The molecule has 1 aliphatic heterocycles. The Labute approximate surface area is 84.9 Å². The molecule has 0 aromatic rings. The van der Waals surface area contributed by atoms with Gasteiger partial charge < -0.3 is 11.3 Å². The molecule has 0 unspecified atom stereocenters. The summed E-state index contributed by atoms with van der Waals surface area (Å²) in [7, 11) is 0. The first-order valence-corrected chi connectivity index (χ1v) is 1.65. The van der Waals surface area contributed by atoms with Crippen molar-refractivity contribution < 1.29 is 67.4 Å². The van der Waals surface area contributed by atoms with Crippen molar-refractivity contribution in [3.63, 3.8) is 0 Å². The van der Waals surface area contributed by atoms with E-state index in [1.807, 2.05) is 0 Å². The molecule has 1 atom stereocenters. The van der Waals surface area contributed by atoms with E-state index in [0.29, 0.717) is 6.61 Å². The van der Waals surface area contributed by atoms with Crippen molar-refractivity contribution in [1.82, 2.24) is 0 Å². The smallest absolute Gasteiger partial charge is 1.00 e. The molecule has 0 bridgehead atoms. The zero-order valence-electron chi connectivity index (χ0n) is 5.05. The third kappa shape index (κ3) is 2.79. The largest absolute Gasteiger partial charge is 1.00 e. The molecule has 1 saturated heterocycles. The van der Waals surface area contributed by atoms with Gasteiger partial charge >= 0.3 is 57.4 Å². The number of carboxylic acid groups (broad SMARTS) is 1. The second kappa shape index (κ2) is 3.16. The molecule has 1 aliphatic rings. The second-order valence-corrected chi connectivity index (χ2v) is 1.16. The Bertz CT molecular complexity index is 82.6. The van der Waals surface area contributed by atoms with Crippen LogP contribution in [0.15, 0.2) is 0 Å². The van der Waals surface area contributed by atoms with Gasteiger partial charge in [-0.1, -0.05) is 0 Å². The number of epoxide rings is 1. The molecule has 1 rings (SSSR count). The first-order valence-electron chi connectivity index (χ1n) is 1.65. The van der Waals surface area contributed by atoms with Crippen molar-refractivity contribution in [3.05, 3.63) is 0 Å². The molecule has 0 amide bonds. The normalized spacial score (nSPS) is 25.4. The van der Waals surface area contributed by atoms with E-state index in [9.17, 15) is 4.79 Å². The van der Waals surface area contributed by atoms with E-state index in [-0.39, 0.29) is 52.8 Å². The summed E-state index contributed by atoms with van der Waals surface area (Å²) >= 11 is 0. The first-order chi connectivity index (χ1) is 2.80. The summed E-state index contributed by atoms with van der Waals surface area (Å²) in [6.45, 7) is 0.398. The minimum Gasteiger partial charge on any atom is -1.00 e. The predicted molar refractivity (Wildman–Crippen MR) is 18.5 cm³/mol. The van der Waals surface area contributed by atoms with E-state index in [4.69, 9.17) is 5.11 Å². The van der Waals surface area contributed by atoms with Crippen molar-refractivity contribution in [2.75, 3.05) is 6.61 Å². The van der Waals surface area contributed by atoms with E-state index in [0.717, 1.165) is 0 Å². The maximum atomic E-state index is 9.64. The van der Waals surface area contributed by atoms with Crippen LogP contribution in [0.5, 0.6) is 0 Å². The Morgan fingerprint density at radius 3 is 2.43 bits per heavy atom. The van der Waals surface area contributed by atoms with Gasteiger partial charge in [-0.05, 0) is 0 Å². The van der Waals surface area contributed by atoms with Gasteiger partial charge in [0.05, 0.1) is 6.61 Å². The average molecular weight is 128 g/mol. The molecule has 0 spiro atoms. The number of aliphatic carboxylic acids is 1. The Balaban J connectivity index is 0. The van der Waals surface area contributed by atoms with Crippen LogP contribution in [0.25, 0.3) is 0 Å². The minimum absolute atomic E-state index is 0. The summed E-state index contributed by atoms with van der Waals surface area (Å²) < 4.78 is 4.37. The monoisotopic (exact) mass is 128 g/mol. The van der Waals surface area contributed by atoms with Crippen molar-refractivity contribution in [3.8, 4) is 0 Å². The predicted octanol–water partition coefficient (Wildman–Crippen LogP) is -3.41. The number of ether oxygens (including phenoxy) is 1. The van der Waals surface area contributed by atoms with Crippen molar-refractivity contribution >= 4 is 5.97 Å². The minimum atomic E-state index is -0.852. The van der Waals surface area contributed by atoms with Gasteiger partial charge in [0.1, 0.15) is 0 Å². The van der Waals surface area contributed by atoms with Crippen LogP contribution in [0.3, 0.4) is 0 Å². The van der Waals surface area contributed by atoms with Crippen LogP contribution in [-0.4, -0.2) is 23.8 Å². The maximum Gasteiger partial charge on any atom is 1.00 e. The molecule has 0 saturated carbocycles. The SMILES string of the molecule is O=C(O)[C@H]1CO1.[H-].[K+]. The topological polar surface area (TPSA) is 49.8 Å². The van der Waals surface area contributed by atoms with Crippen molar-refractivity contribution in [1.29, 1.82) is 0 Å². The van der Waals surface area contributed by atoms with Gasteiger partial charge in [-0.25, -0.2) is 4.79 Å². The van der Waals surface area contributed by atoms with E-state index in [1.165, 1.54) is 0 Å². The molecule has 0 radical (unpaired) electrons. The van der Waals surface area contributed by atoms with Crippen LogP contribution in [0.2, 0.25) is 0 Å². The van der Waals surface area contributed by atoms with Crippen molar-refractivity contribution in [2.45, 2.75) is 6.10 Å². The molecule has 0 aromatic carbocycles. The third-order valence-corrected chi connectivity index (χ3v) is 0.609. The number of carbonyl (C=O) groups is 1. The Morgan fingerprint density at radius 1 is 2.00 bits per heavy atom. The summed E-state index contributed by atoms with van der Waals surface area (Å²) in [4.78, 5) is 9.64. The summed E-state index contributed by atoms with van der Waals surface area (Å²) in [5.41, 5.74) is 0. The zero-order valence-corrected chi connectivity index (χ0v) is 7.17. The fourth-order valence-electron chi connectivity index (χ4n) is 0.191. The first kappa shape index (κ1) is 8.07. The summed E-state index contributed by atoms with van der Waals surface area (Å²) in [6, 6.07) is 0. The molecule has 0 aromatic heterocycles. The number of rotatable bonds is 1. The van der Waals surface area contributed by atoms with Gasteiger partial charge in [0.25, 0.3) is 0 Å². The van der Waals surface area contributed by atoms with E-state index < -0.39 is 12.1 Å². The molecular formula is C3H5KO3. The fraction of sp³-hybridized carbons (Fsp3) is 0.667. The van der Waals surface area contributed by atoms with Gasteiger partial charge in [-0.15, -0.1) is 0 Å². The van der Waals surface area contributed by atoms with E-state index >= 15 is 0 Å². The van der Waals surface area contributed by atoms with Gasteiger partial charge in [0, 0.05) is 0 Å². The molecule has 4 heteroatoms. The Hall–Kier alpha value is 1.07. The molecule has 1 heterocycles. The molecule has 1 fully saturated rings. The zero-order chi connectivity index (χ0) is 4.57. The summed E-state index contributed by atoms with van der Waals surface area (Å²) in [6.07, 6.45) is -0.481.